The van der Waals surface area contributed by atoms with Crippen molar-refractivity contribution in [2.75, 3.05) is 26.2 Å². The summed E-state index contributed by atoms with van der Waals surface area (Å²) in [5.41, 5.74) is 3.13. The number of piperidine rings is 1. The molecule has 42 heavy (non-hydrogen) atoms. The quantitative estimate of drug-likeness (QED) is 0.443. The molecule has 0 bridgehead atoms. The first kappa shape index (κ1) is 30.2. The Morgan fingerprint density at radius 1 is 1.17 bits per heavy atom. The van der Waals surface area contributed by atoms with Crippen molar-refractivity contribution >= 4 is 11.8 Å². The monoisotopic (exact) mass is 592 g/mol. The van der Waals surface area contributed by atoms with Crippen molar-refractivity contribution in [2.24, 2.45) is 11.1 Å². The number of rotatable bonds is 8. The van der Waals surface area contributed by atoms with Gasteiger partial charge in [-0.1, -0.05) is 18.9 Å². The number of β-amino-alcohol motifs (C(OH)–C–C–N with tert-alkyl or cyclic N) is 1. The Morgan fingerprint density at radius 3 is 2.52 bits per heavy atom. The zero-order chi connectivity index (χ0) is 30.3. The number of aliphatic hydroxyl groups is 1. The lowest BCUT2D eigenvalue weighted by Crippen LogP contribution is -2.56. The van der Waals surface area contributed by atoms with Crippen LogP contribution in [0.2, 0.25) is 0 Å². The number of benzene rings is 1. The molecule has 2 aromatic rings. The molecule has 3 atom stereocenters. The van der Waals surface area contributed by atoms with Crippen molar-refractivity contribution in [1.82, 2.24) is 14.8 Å². The van der Waals surface area contributed by atoms with E-state index in [1.165, 1.54) is 30.2 Å². The van der Waals surface area contributed by atoms with Crippen molar-refractivity contribution in [3.63, 3.8) is 0 Å². The van der Waals surface area contributed by atoms with E-state index in [0.29, 0.717) is 18.5 Å². The Kier molecular flexibility index (Phi) is 8.23. The fourth-order valence-corrected chi connectivity index (χ4v) is 6.41. The van der Waals surface area contributed by atoms with E-state index in [1.807, 2.05) is 4.90 Å². The third-order valence-electron chi connectivity index (χ3n) is 9.25. The van der Waals surface area contributed by atoms with Gasteiger partial charge in [0.1, 0.15) is 18.0 Å². The maximum absolute atomic E-state index is 15.1. The molecule has 0 radical (unpaired) electrons. The smallest absolute Gasteiger partial charge is 0.395 e. The van der Waals surface area contributed by atoms with Gasteiger partial charge in [0.2, 0.25) is 11.8 Å². The highest BCUT2D eigenvalue weighted by atomic mass is 19.4. The number of nitrogens with two attached hydrogens (primary N) is 1. The summed E-state index contributed by atoms with van der Waals surface area (Å²) in [7, 11) is 0. The number of ether oxygens (including phenoxy) is 1. The first-order valence-corrected chi connectivity index (χ1v) is 14.3. The van der Waals surface area contributed by atoms with E-state index in [2.05, 4.69) is 4.98 Å². The number of carbonyl (C=O) groups excluding carboxylic acids is 2. The van der Waals surface area contributed by atoms with Crippen LogP contribution in [0.25, 0.3) is 11.1 Å². The number of carbonyl (C=O) groups is 2. The van der Waals surface area contributed by atoms with Crippen molar-refractivity contribution in [3.05, 3.63) is 47.9 Å². The van der Waals surface area contributed by atoms with Gasteiger partial charge in [-0.25, -0.2) is 9.37 Å². The first-order valence-electron chi connectivity index (χ1n) is 14.3. The average Bonchev–Trinajstić information content (AvgIpc) is 3.24. The van der Waals surface area contributed by atoms with Gasteiger partial charge in [0, 0.05) is 54.5 Å². The normalized spacial score (nSPS) is 26.1. The van der Waals surface area contributed by atoms with Crippen LogP contribution < -0.4 is 10.5 Å². The molecule has 3 N–H and O–H groups in total. The number of halogens is 4. The molecular weight excluding hydrogens is 556 g/mol. The Morgan fingerprint density at radius 2 is 1.93 bits per heavy atom. The molecule has 2 saturated heterocycles. The lowest BCUT2D eigenvalue weighted by atomic mass is 9.67. The van der Waals surface area contributed by atoms with E-state index in [4.69, 9.17) is 10.5 Å². The summed E-state index contributed by atoms with van der Waals surface area (Å²) >= 11 is 0. The molecule has 1 unspecified atom stereocenters. The number of pyridine rings is 1. The highest BCUT2D eigenvalue weighted by Gasteiger charge is 2.59. The number of nitrogens with zero attached hydrogens (tertiary/aromatic N) is 3. The van der Waals surface area contributed by atoms with Gasteiger partial charge in [0.25, 0.3) is 5.91 Å². The van der Waals surface area contributed by atoms with Gasteiger partial charge in [-0.15, -0.1) is 0 Å². The number of hydrogen-bond acceptors (Lipinski definition) is 6. The number of aliphatic hydroxyl groups excluding tert-OH is 1. The standard InChI is InChI=1S/C30H36F4N4O4/c1-28(27(35)41)14-22(39)16-38(28)26(40)19-6-8-23(24(31)13-19)20-7-9-25(36-15-20)42-17-21-5-2-3-12-37(21)18-29(10-4-11-29)30(32,33)34/h6-9,13,15,21-22,39H,2-5,10-12,14,16-18H2,1H3,(H2,35,41)/t21?,22-,28+/m1/s1. The van der Waals surface area contributed by atoms with Crippen molar-refractivity contribution < 1.29 is 37.0 Å². The van der Waals surface area contributed by atoms with Crippen LogP contribution in [0, 0.1) is 11.2 Å². The third-order valence-corrected chi connectivity index (χ3v) is 9.25. The maximum Gasteiger partial charge on any atom is 0.395 e. The van der Waals surface area contributed by atoms with E-state index in [1.54, 1.807) is 12.1 Å². The first-order chi connectivity index (χ1) is 19.8. The lowest BCUT2D eigenvalue weighted by molar-refractivity contribution is -0.258. The predicted octanol–water partition coefficient (Wildman–Crippen LogP) is 4.30. The SMILES string of the molecule is C[C@@]1(C(N)=O)C[C@@H](O)CN1C(=O)c1ccc(-c2ccc(OCC3CCCCN3CC3(C(F)(F)F)CCC3)nc2)c(F)c1. The molecule has 1 saturated carbocycles. The summed E-state index contributed by atoms with van der Waals surface area (Å²) in [6, 6.07) is 7.00. The van der Waals surface area contributed by atoms with E-state index in [-0.39, 0.29) is 62.0 Å². The zero-order valence-electron chi connectivity index (χ0n) is 23.5. The third kappa shape index (κ3) is 5.70. The van der Waals surface area contributed by atoms with Gasteiger partial charge < -0.3 is 20.5 Å². The molecular formula is C30H36F4N4O4. The van der Waals surface area contributed by atoms with Crippen LogP contribution in [0.3, 0.4) is 0 Å². The number of hydrogen-bond donors (Lipinski definition) is 2. The summed E-state index contributed by atoms with van der Waals surface area (Å²) in [5, 5.41) is 10.0. The van der Waals surface area contributed by atoms with Gasteiger partial charge >= 0.3 is 6.18 Å². The molecule has 3 fully saturated rings. The average molecular weight is 593 g/mol. The highest BCUT2D eigenvalue weighted by Crippen LogP contribution is 2.53. The summed E-state index contributed by atoms with van der Waals surface area (Å²) in [6.45, 7) is 2.20. The molecule has 0 spiro atoms. The fourth-order valence-electron chi connectivity index (χ4n) is 6.41. The molecule has 3 aliphatic rings. The number of alkyl halides is 3. The molecule has 3 heterocycles. The summed E-state index contributed by atoms with van der Waals surface area (Å²) < 4.78 is 62.3. The van der Waals surface area contributed by atoms with E-state index >= 15 is 4.39 Å². The topological polar surface area (TPSA) is 109 Å². The van der Waals surface area contributed by atoms with Crippen molar-refractivity contribution in [3.8, 4) is 17.0 Å². The van der Waals surface area contributed by atoms with Gasteiger partial charge in [-0.05, 0) is 57.4 Å². The number of primary amides is 1. The highest BCUT2D eigenvalue weighted by molar-refractivity contribution is 5.99. The Bertz CT molecular complexity index is 1320. The van der Waals surface area contributed by atoms with Crippen molar-refractivity contribution in [1.29, 1.82) is 0 Å². The number of aromatic nitrogens is 1. The second-order valence-corrected chi connectivity index (χ2v) is 12.1. The second kappa shape index (κ2) is 11.4. The van der Waals surface area contributed by atoms with Gasteiger partial charge in [-0.2, -0.15) is 13.2 Å². The van der Waals surface area contributed by atoms with Crippen LogP contribution in [0.5, 0.6) is 5.88 Å². The van der Waals surface area contributed by atoms with Crippen LogP contribution in [0.1, 0.15) is 62.2 Å². The van der Waals surface area contributed by atoms with Crippen LogP contribution in [-0.4, -0.2) is 81.8 Å². The minimum atomic E-state index is -4.22. The van der Waals surface area contributed by atoms with Crippen molar-refractivity contribution in [2.45, 2.75) is 75.7 Å². The van der Waals surface area contributed by atoms with E-state index < -0.39 is 40.9 Å². The minimum Gasteiger partial charge on any atom is -0.476 e. The Balaban J connectivity index is 1.23. The van der Waals surface area contributed by atoms with Crippen LogP contribution in [0.4, 0.5) is 17.6 Å². The lowest BCUT2D eigenvalue weighted by Gasteiger charge is -2.48. The largest absolute Gasteiger partial charge is 0.476 e. The fraction of sp³-hybridized carbons (Fsp3) is 0.567. The molecule has 1 aliphatic carbocycles. The number of likely N-dealkylation sites (tertiary alicyclic amines) is 2. The Labute approximate surface area is 241 Å². The molecule has 5 rings (SSSR count). The minimum absolute atomic E-state index is 0.00183. The van der Waals surface area contributed by atoms with E-state index in [9.17, 15) is 27.9 Å². The second-order valence-electron chi connectivity index (χ2n) is 12.1. The van der Waals surface area contributed by atoms with Crippen LogP contribution in [-0.2, 0) is 4.79 Å². The van der Waals surface area contributed by atoms with E-state index in [0.717, 1.165) is 25.3 Å². The van der Waals surface area contributed by atoms with Gasteiger partial charge in [0.05, 0.1) is 11.5 Å². The maximum atomic E-state index is 15.1. The molecule has 2 amide bonds. The molecule has 1 aromatic carbocycles. The van der Waals surface area contributed by atoms with Gasteiger partial charge in [-0.3, -0.25) is 14.5 Å². The summed E-state index contributed by atoms with van der Waals surface area (Å²) in [4.78, 5) is 32.4. The summed E-state index contributed by atoms with van der Waals surface area (Å²) in [5.74, 6) is -1.76. The van der Waals surface area contributed by atoms with Crippen LogP contribution >= 0.6 is 0 Å². The Hall–Kier alpha value is -3.25. The molecule has 2 aliphatic heterocycles. The molecule has 1 aromatic heterocycles. The van der Waals surface area contributed by atoms with Crippen LogP contribution in [0.15, 0.2) is 36.5 Å². The predicted molar refractivity (Wildman–Crippen MR) is 146 cm³/mol. The molecule has 228 valence electrons. The zero-order valence-corrected chi connectivity index (χ0v) is 23.5. The summed E-state index contributed by atoms with van der Waals surface area (Å²) in [6.07, 6.45) is -0.225. The molecule has 12 heteroatoms. The number of amides is 2. The molecule has 8 nitrogen and oxygen atoms in total. The van der Waals surface area contributed by atoms with Gasteiger partial charge in [0.15, 0.2) is 0 Å².